The Kier molecular flexibility index (Phi) is 5.63. The molecule has 0 amide bonds. The highest BCUT2D eigenvalue weighted by Crippen LogP contribution is 2.26. The van der Waals surface area contributed by atoms with Gasteiger partial charge in [-0.2, -0.15) is 0 Å². The normalized spacial score (nSPS) is 10.0. The van der Waals surface area contributed by atoms with Crippen LogP contribution in [0.2, 0.25) is 0 Å². The zero-order chi connectivity index (χ0) is 10.9. The van der Waals surface area contributed by atoms with E-state index in [1.54, 1.807) is 0 Å². The van der Waals surface area contributed by atoms with E-state index >= 15 is 0 Å². The van der Waals surface area contributed by atoms with E-state index in [0.717, 1.165) is 18.6 Å². The summed E-state index contributed by atoms with van der Waals surface area (Å²) in [5, 5.41) is 10.3. The predicted molar refractivity (Wildman–Crippen MR) is 57.9 cm³/mol. The van der Waals surface area contributed by atoms with E-state index in [1.807, 2.05) is 24.3 Å². The molecular formula is C12H17O3. The second-order valence-corrected chi connectivity index (χ2v) is 3.20. The Labute approximate surface area is 90.6 Å². The Hall–Kier alpha value is -1.22. The van der Waals surface area contributed by atoms with Gasteiger partial charge in [0.1, 0.15) is 13.2 Å². The third-order valence-electron chi connectivity index (χ3n) is 1.95. The quantitative estimate of drug-likeness (QED) is 0.647. The molecule has 0 unspecified atom stereocenters. The third-order valence-corrected chi connectivity index (χ3v) is 1.95. The van der Waals surface area contributed by atoms with Crippen molar-refractivity contribution in [1.29, 1.82) is 0 Å². The molecule has 1 aromatic carbocycles. The van der Waals surface area contributed by atoms with E-state index in [4.69, 9.17) is 9.47 Å². The van der Waals surface area contributed by atoms with Gasteiger partial charge in [0.15, 0.2) is 11.5 Å². The molecule has 0 N–H and O–H groups in total. The van der Waals surface area contributed by atoms with Crippen LogP contribution in [0.25, 0.3) is 0 Å². The van der Waals surface area contributed by atoms with Crippen LogP contribution in [0.3, 0.4) is 0 Å². The number of hydrogen-bond donors (Lipinski definition) is 0. The Morgan fingerprint density at radius 3 is 2.20 bits per heavy atom. The lowest BCUT2D eigenvalue weighted by Gasteiger charge is -2.11. The zero-order valence-corrected chi connectivity index (χ0v) is 9.07. The molecule has 0 bridgehead atoms. The average molecular weight is 209 g/mol. The van der Waals surface area contributed by atoms with Gasteiger partial charge in [-0.15, -0.1) is 0 Å². The molecule has 83 valence electrons. The van der Waals surface area contributed by atoms with Gasteiger partial charge in [0.25, 0.3) is 0 Å². The van der Waals surface area contributed by atoms with Gasteiger partial charge in [-0.1, -0.05) is 25.5 Å². The summed E-state index contributed by atoms with van der Waals surface area (Å²) in [5.41, 5.74) is 0. The van der Waals surface area contributed by atoms with Crippen molar-refractivity contribution in [3.05, 3.63) is 24.3 Å². The molecule has 0 aromatic heterocycles. The van der Waals surface area contributed by atoms with E-state index in [2.05, 4.69) is 6.92 Å². The number of hydrogen-bond acceptors (Lipinski definition) is 2. The average Bonchev–Trinajstić information content (AvgIpc) is 2.28. The van der Waals surface area contributed by atoms with Crippen LogP contribution < -0.4 is 9.47 Å². The summed E-state index contributed by atoms with van der Waals surface area (Å²) in [6.45, 7) is 2.76. The smallest absolute Gasteiger partial charge is 0.161 e. The minimum Gasteiger partial charge on any atom is -0.490 e. The molecule has 1 aromatic rings. The first-order chi connectivity index (χ1) is 7.38. The lowest BCUT2D eigenvalue weighted by molar-refractivity contribution is 0.135. The van der Waals surface area contributed by atoms with Gasteiger partial charge in [0, 0.05) is 0 Å². The van der Waals surface area contributed by atoms with Gasteiger partial charge in [-0.25, -0.2) is 5.11 Å². The maximum Gasteiger partial charge on any atom is 0.161 e. The minimum atomic E-state index is -0.233. The van der Waals surface area contributed by atoms with Crippen molar-refractivity contribution < 1.29 is 14.6 Å². The summed E-state index contributed by atoms with van der Waals surface area (Å²) in [6, 6.07) is 7.44. The Morgan fingerprint density at radius 1 is 1.07 bits per heavy atom. The molecule has 0 aliphatic carbocycles. The summed E-state index contributed by atoms with van der Waals surface area (Å²) >= 11 is 0. The molecule has 3 heteroatoms. The fourth-order valence-corrected chi connectivity index (χ4v) is 1.17. The summed E-state index contributed by atoms with van der Waals surface area (Å²) in [5.74, 6) is 1.38. The van der Waals surface area contributed by atoms with Gasteiger partial charge in [0.05, 0.1) is 6.61 Å². The fraction of sp³-hybridized carbons (Fsp3) is 0.500. The van der Waals surface area contributed by atoms with Crippen LogP contribution in [0.5, 0.6) is 11.5 Å². The zero-order valence-electron chi connectivity index (χ0n) is 9.07. The van der Waals surface area contributed by atoms with Crippen molar-refractivity contribution in [3.63, 3.8) is 0 Å². The topological polar surface area (TPSA) is 38.4 Å². The SMILES string of the molecule is CCCCOc1ccccc1OCC[O]. The number of benzene rings is 1. The molecule has 3 nitrogen and oxygen atoms in total. The summed E-state index contributed by atoms with van der Waals surface area (Å²) in [6.07, 6.45) is 2.12. The van der Waals surface area contributed by atoms with Gasteiger partial charge in [-0.3, -0.25) is 0 Å². The second-order valence-electron chi connectivity index (χ2n) is 3.20. The molecule has 0 aliphatic heterocycles. The van der Waals surface area contributed by atoms with Crippen molar-refractivity contribution in [1.82, 2.24) is 0 Å². The van der Waals surface area contributed by atoms with Crippen LogP contribution in [-0.2, 0) is 5.11 Å². The largest absolute Gasteiger partial charge is 0.490 e. The summed E-state index contributed by atoms with van der Waals surface area (Å²) < 4.78 is 10.8. The van der Waals surface area contributed by atoms with Gasteiger partial charge in [0.2, 0.25) is 0 Å². The van der Waals surface area contributed by atoms with E-state index < -0.39 is 0 Å². The van der Waals surface area contributed by atoms with Crippen molar-refractivity contribution in [2.45, 2.75) is 19.8 Å². The van der Waals surface area contributed by atoms with Crippen molar-refractivity contribution in [2.75, 3.05) is 19.8 Å². The molecule has 1 rings (SSSR count). The third kappa shape index (κ3) is 4.21. The molecule has 0 atom stereocenters. The highest BCUT2D eigenvalue weighted by Gasteiger charge is 2.02. The first kappa shape index (κ1) is 11.9. The standard InChI is InChI=1S/C12H17O3/c1-2-3-9-14-11-6-4-5-7-12(11)15-10-8-13/h4-7H,2-3,8-10H2,1H3. The first-order valence-corrected chi connectivity index (χ1v) is 5.31. The van der Waals surface area contributed by atoms with Gasteiger partial charge < -0.3 is 9.47 Å². The molecule has 15 heavy (non-hydrogen) atoms. The summed E-state index contributed by atoms with van der Waals surface area (Å²) in [4.78, 5) is 0. The molecule has 0 spiro atoms. The number of para-hydroxylation sites is 2. The van der Waals surface area contributed by atoms with Crippen LogP contribution in [0, 0.1) is 0 Å². The van der Waals surface area contributed by atoms with Crippen LogP contribution in [0.1, 0.15) is 19.8 Å². The predicted octanol–water partition coefficient (Wildman–Crippen LogP) is 2.67. The lowest BCUT2D eigenvalue weighted by atomic mass is 10.3. The number of rotatable bonds is 7. The Bertz CT molecular complexity index is 273. The van der Waals surface area contributed by atoms with Gasteiger partial charge >= 0.3 is 0 Å². The van der Waals surface area contributed by atoms with Crippen LogP contribution in [0.15, 0.2) is 24.3 Å². The monoisotopic (exact) mass is 209 g/mol. The molecule has 0 aliphatic rings. The lowest BCUT2D eigenvalue weighted by Crippen LogP contribution is -2.04. The van der Waals surface area contributed by atoms with Crippen LogP contribution in [0.4, 0.5) is 0 Å². The minimum absolute atomic E-state index is 0.189. The molecule has 1 radical (unpaired) electrons. The van der Waals surface area contributed by atoms with Crippen LogP contribution in [-0.4, -0.2) is 19.8 Å². The van der Waals surface area contributed by atoms with Crippen molar-refractivity contribution in [2.24, 2.45) is 0 Å². The summed E-state index contributed by atoms with van der Waals surface area (Å²) in [7, 11) is 0. The highest BCUT2D eigenvalue weighted by atomic mass is 16.5. The van der Waals surface area contributed by atoms with Crippen LogP contribution >= 0.6 is 0 Å². The Morgan fingerprint density at radius 2 is 1.67 bits per heavy atom. The molecule has 0 heterocycles. The highest BCUT2D eigenvalue weighted by molar-refractivity contribution is 5.39. The van der Waals surface area contributed by atoms with Crippen molar-refractivity contribution in [3.8, 4) is 11.5 Å². The maximum absolute atomic E-state index is 10.3. The Balaban J connectivity index is 2.52. The van der Waals surface area contributed by atoms with E-state index in [9.17, 15) is 5.11 Å². The second kappa shape index (κ2) is 7.12. The maximum atomic E-state index is 10.3. The molecular weight excluding hydrogens is 192 g/mol. The fourth-order valence-electron chi connectivity index (χ4n) is 1.17. The van der Waals surface area contributed by atoms with E-state index in [0.29, 0.717) is 12.4 Å². The van der Waals surface area contributed by atoms with E-state index in [-0.39, 0.29) is 13.2 Å². The molecule has 0 saturated carbocycles. The molecule has 0 saturated heterocycles. The van der Waals surface area contributed by atoms with Crippen molar-refractivity contribution >= 4 is 0 Å². The number of ether oxygens (including phenoxy) is 2. The first-order valence-electron chi connectivity index (χ1n) is 5.31. The van der Waals surface area contributed by atoms with Gasteiger partial charge in [-0.05, 0) is 18.6 Å². The van der Waals surface area contributed by atoms with E-state index in [1.165, 1.54) is 0 Å². The molecule has 0 fully saturated rings. The number of unbranched alkanes of at least 4 members (excludes halogenated alkanes) is 1.